The molecule has 5 nitrogen and oxygen atoms in total. The van der Waals surface area contributed by atoms with Gasteiger partial charge in [-0.25, -0.2) is 4.98 Å². The monoisotopic (exact) mass is 332 g/mol. The molecule has 1 fully saturated rings. The molecule has 0 saturated carbocycles. The molecule has 2 aromatic rings. The summed E-state index contributed by atoms with van der Waals surface area (Å²) in [4.78, 5) is 16.4. The van der Waals surface area contributed by atoms with Crippen LogP contribution in [0.4, 0.5) is 0 Å². The third-order valence-corrected chi connectivity index (χ3v) is 4.61. The summed E-state index contributed by atoms with van der Waals surface area (Å²) in [6, 6.07) is 7.18. The summed E-state index contributed by atoms with van der Waals surface area (Å²) in [5, 5.41) is 5.76. The van der Waals surface area contributed by atoms with Gasteiger partial charge in [0.2, 0.25) is 0 Å². The van der Waals surface area contributed by atoms with Crippen molar-refractivity contribution >= 4 is 17.2 Å². The highest BCUT2D eigenvalue weighted by molar-refractivity contribution is 7.09. The van der Waals surface area contributed by atoms with Gasteiger partial charge < -0.3 is 14.8 Å². The average molecular weight is 332 g/mol. The molecule has 0 aliphatic carbocycles. The molecule has 1 aliphatic rings. The molecule has 23 heavy (non-hydrogen) atoms. The largest absolute Gasteiger partial charge is 0.491 e. The first kappa shape index (κ1) is 16.0. The second-order valence-electron chi connectivity index (χ2n) is 5.54. The number of benzene rings is 1. The van der Waals surface area contributed by atoms with Gasteiger partial charge in [-0.15, -0.1) is 11.3 Å². The smallest absolute Gasteiger partial charge is 0.251 e. The maximum absolute atomic E-state index is 12.1. The van der Waals surface area contributed by atoms with Crippen LogP contribution in [0.15, 0.2) is 29.6 Å². The molecular weight excluding hydrogens is 312 g/mol. The van der Waals surface area contributed by atoms with Crippen molar-refractivity contribution in [1.29, 1.82) is 0 Å². The van der Waals surface area contributed by atoms with Crippen LogP contribution >= 0.6 is 11.3 Å². The average Bonchev–Trinajstić information content (AvgIpc) is 3.22. The highest BCUT2D eigenvalue weighted by Crippen LogP contribution is 2.17. The van der Waals surface area contributed by atoms with Crippen molar-refractivity contribution in [1.82, 2.24) is 10.3 Å². The Bertz CT molecular complexity index is 648. The summed E-state index contributed by atoms with van der Waals surface area (Å²) in [5.41, 5.74) is 1.59. The highest BCUT2D eigenvalue weighted by Gasteiger charge is 2.16. The Morgan fingerprint density at radius 2 is 2.26 bits per heavy atom. The standard InChI is InChI=1S/C17H20N2O3S/c1-12-11-23-16(19-12)9-18-17(20)13-4-6-14(7-5-13)22-10-15-3-2-8-21-15/h4-7,11,15H,2-3,8-10H2,1H3,(H,18,20)/t15-/m1/s1. The van der Waals surface area contributed by atoms with Crippen molar-refractivity contribution < 1.29 is 14.3 Å². The number of hydrogen-bond donors (Lipinski definition) is 1. The van der Waals surface area contributed by atoms with Crippen LogP contribution in [0.5, 0.6) is 5.75 Å². The number of carbonyl (C=O) groups is 1. The van der Waals surface area contributed by atoms with Gasteiger partial charge in [0.05, 0.1) is 12.6 Å². The van der Waals surface area contributed by atoms with E-state index >= 15 is 0 Å². The molecule has 0 spiro atoms. The molecule has 2 heterocycles. The van der Waals surface area contributed by atoms with Crippen molar-refractivity contribution in [3.8, 4) is 5.75 Å². The van der Waals surface area contributed by atoms with Gasteiger partial charge in [0.15, 0.2) is 0 Å². The van der Waals surface area contributed by atoms with Crippen molar-refractivity contribution in [3.63, 3.8) is 0 Å². The van der Waals surface area contributed by atoms with Crippen LogP contribution < -0.4 is 10.1 Å². The Hall–Kier alpha value is -1.92. The highest BCUT2D eigenvalue weighted by atomic mass is 32.1. The van der Waals surface area contributed by atoms with Gasteiger partial charge in [-0.2, -0.15) is 0 Å². The molecule has 1 aromatic carbocycles. The van der Waals surface area contributed by atoms with E-state index in [0.29, 0.717) is 18.7 Å². The van der Waals surface area contributed by atoms with Crippen LogP contribution in [-0.4, -0.2) is 30.2 Å². The van der Waals surface area contributed by atoms with E-state index in [1.807, 2.05) is 24.4 Å². The number of ether oxygens (including phenoxy) is 2. The third kappa shape index (κ3) is 4.53. The molecule has 1 amide bonds. The van der Waals surface area contributed by atoms with Gasteiger partial charge in [-0.05, 0) is 44.0 Å². The van der Waals surface area contributed by atoms with Gasteiger partial charge >= 0.3 is 0 Å². The maximum atomic E-state index is 12.1. The Balaban J connectivity index is 1.48. The van der Waals surface area contributed by atoms with Gasteiger partial charge in [-0.3, -0.25) is 4.79 Å². The predicted octanol–water partition coefficient (Wildman–Crippen LogP) is 2.94. The SMILES string of the molecule is Cc1csc(CNC(=O)c2ccc(OC[C@H]3CCCO3)cc2)n1. The fraction of sp³-hybridized carbons (Fsp3) is 0.412. The lowest BCUT2D eigenvalue weighted by Crippen LogP contribution is -2.22. The van der Waals surface area contributed by atoms with E-state index in [1.165, 1.54) is 0 Å². The molecule has 1 aromatic heterocycles. The zero-order valence-corrected chi connectivity index (χ0v) is 13.9. The fourth-order valence-corrected chi connectivity index (χ4v) is 3.12. The lowest BCUT2D eigenvalue weighted by Gasteiger charge is -2.11. The molecule has 0 radical (unpaired) electrons. The Labute approximate surface area is 139 Å². The first-order chi connectivity index (χ1) is 11.2. The van der Waals surface area contributed by atoms with E-state index in [4.69, 9.17) is 9.47 Å². The van der Waals surface area contributed by atoms with Crippen LogP contribution in [0, 0.1) is 6.92 Å². The van der Waals surface area contributed by atoms with Gasteiger partial charge in [-0.1, -0.05) is 0 Å². The van der Waals surface area contributed by atoms with Crippen molar-refractivity contribution in [2.24, 2.45) is 0 Å². The molecule has 0 bridgehead atoms. The summed E-state index contributed by atoms with van der Waals surface area (Å²) in [5.74, 6) is 0.649. The van der Waals surface area contributed by atoms with Crippen molar-refractivity contribution in [2.75, 3.05) is 13.2 Å². The predicted molar refractivity (Wildman–Crippen MR) is 88.9 cm³/mol. The van der Waals surface area contributed by atoms with E-state index in [1.54, 1.807) is 23.5 Å². The molecule has 1 saturated heterocycles. The Morgan fingerprint density at radius 1 is 1.43 bits per heavy atom. The van der Waals surface area contributed by atoms with E-state index in [9.17, 15) is 4.79 Å². The van der Waals surface area contributed by atoms with Crippen molar-refractivity contribution in [2.45, 2.75) is 32.4 Å². The number of nitrogens with zero attached hydrogens (tertiary/aromatic N) is 1. The van der Waals surface area contributed by atoms with Crippen LogP contribution in [0.25, 0.3) is 0 Å². The zero-order chi connectivity index (χ0) is 16.1. The molecule has 0 unspecified atom stereocenters. The van der Waals surface area contributed by atoms with Crippen molar-refractivity contribution in [3.05, 3.63) is 45.9 Å². The van der Waals surface area contributed by atoms with E-state index < -0.39 is 0 Å². The molecule has 3 rings (SSSR count). The molecule has 122 valence electrons. The van der Waals surface area contributed by atoms with E-state index in [2.05, 4.69) is 10.3 Å². The fourth-order valence-electron chi connectivity index (χ4n) is 2.41. The second kappa shape index (κ2) is 7.57. The maximum Gasteiger partial charge on any atom is 0.251 e. The molecular formula is C17H20N2O3S. The molecule has 1 N–H and O–H groups in total. The Morgan fingerprint density at radius 3 is 2.91 bits per heavy atom. The minimum atomic E-state index is -0.108. The first-order valence-corrected chi connectivity index (χ1v) is 8.62. The number of amides is 1. The molecule has 6 heteroatoms. The minimum absolute atomic E-state index is 0.108. The summed E-state index contributed by atoms with van der Waals surface area (Å²) >= 11 is 1.55. The lowest BCUT2D eigenvalue weighted by molar-refractivity contribution is 0.0679. The van der Waals surface area contributed by atoms with E-state index in [-0.39, 0.29) is 12.0 Å². The second-order valence-corrected chi connectivity index (χ2v) is 6.48. The number of thiazole rings is 1. The Kier molecular flexibility index (Phi) is 5.25. The number of nitrogens with one attached hydrogen (secondary N) is 1. The summed E-state index contributed by atoms with van der Waals surface area (Å²) < 4.78 is 11.2. The topological polar surface area (TPSA) is 60.5 Å². The summed E-state index contributed by atoms with van der Waals surface area (Å²) in [6.45, 7) is 3.78. The van der Waals surface area contributed by atoms with Crippen LogP contribution in [0.3, 0.4) is 0 Å². The third-order valence-electron chi connectivity index (χ3n) is 3.64. The zero-order valence-electron chi connectivity index (χ0n) is 13.1. The van der Waals surface area contributed by atoms with E-state index in [0.717, 1.165) is 35.9 Å². The number of hydrogen-bond acceptors (Lipinski definition) is 5. The summed E-state index contributed by atoms with van der Waals surface area (Å²) in [6.07, 6.45) is 2.35. The number of rotatable bonds is 6. The van der Waals surface area contributed by atoms with Gasteiger partial charge in [0.25, 0.3) is 5.91 Å². The van der Waals surface area contributed by atoms with Crippen LogP contribution in [-0.2, 0) is 11.3 Å². The first-order valence-electron chi connectivity index (χ1n) is 7.74. The quantitative estimate of drug-likeness (QED) is 0.883. The number of aryl methyl sites for hydroxylation is 1. The van der Waals surface area contributed by atoms with Gasteiger partial charge in [0.1, 0.15) is 17.4 Å². The minimum Gasteiger partial charge on any atom is -0.491 e. The molecule has 1 atom stereocenters. The normalized spacial score (nSPS) is 17.2. The van der Waals surface area contributed by atoms with Crippen LogP contribution in [0.2, 0.25) is 0 Å². The number of aromatic nitrogens is 1. The number of carbonyl (C=O) groups excluding carboxylic acids is 1. The van der Waals surface area contributed by atoms with Crippen LogP contribution in [0.1, 0.15) is 33.9 Å². The molecule has 1 aliphatic heterocycles. The van der Waals surface area contributed by atoms with Gasteiger partial charge in [0, 0.05) is 23.2 Å². The summed E-state index contributed by atoms with van der Waals surface area (Å²) in [7, 11) is 0. The lowest BCUT2D eigenvalue weighted by atomic mass is 10.2.